The fraction of sp³-hybridized carbons (Fsp3) is 0.294. The number of carbonyl (C=O) groups is 1. The van der Waals surface area contributed by atoms with Crippen molar-refractivity contribution >= 4 is 21.6 Å². The molecule has 1 fully saturated rings. The molecule has 1 aromatic heterocycles. The second-order valence-corrected chi connectivity index (χ2v) is 7.83. The van der Waals surface area contributed by atoms with Gasteiger partial charge in [-0.1, -0.05) is 12.5 Å². The van der Waals surface area contributed by atoms with E-state index in [1.807, 2.05) is 0 Å². The topological polar surface area (TPSA) is 93.4 Å². The Kier molecular flexibility index (Phi) is 5.00. The molecule has 2 heterocycles. The Bertz CT molecular complexity index is 860. The Morgan fingerprint density at radius 3 is 2.44 bits per heavy atom. The summed E-state index contributed by atoms with van der Waals surface area (Å²) < 4.78 is 27.5. The van der Waals surface area contributed by atoms with E-state index in [9.17, 15) is 18.4 Å². The lowest BCUT2D eigenvalue weighted by molar-refractivity contribution is -0.605. The third-order valence-corrected chi connectivity index (χ3v) is 6.00. The molecule has 2 aromatic rings. The Morgan fingerprint density at radius 1 is 1.08 bits per heavy atom. The standard InChI is InChI=1S/C17H19N3O4S/c21-17(14-7-11-19(22)12-8-14)18-15-5-4-6-16(13-15)25(23,24)20-9-2-1-3-10-20/h4-8,11-13H,1-3,9-10H2,(H,18,21). The molecule has 0 aliphatic carbocycles. The van der Waals surface area contributed by atoms with Gasteiger partial charge in [-0.05, 0) is 31.0 Å². The van der Waals surface area contributed by atoms with E-state index in [0.29, 0.717) is 29.1 Å². The van der Waals surface area contributed by atoms with E-state index >= 15 is 0 Å². The molecule has 1 aromatic carbocycles. The van der Waals surface area contributed by atoms with Crippen LogP contribution >= 0.6 is 0 Å². The van der Waals surface area contributed by atoms with Gasteiger partial charge in [0.2, 0.25) is 10.0 Å². The minimum absolute atomic E-state index is 0.165. The Hall–Kier alpha value is -2.45. The molecule has 0 bridgehead atoms. The summed E-state index contributed by atoms with van der Waals surface area (Å²) in [4.78, 5) is 12.4. The molecule has 25 heavy (non-hydrogen) atoms. The SMILES string of the molecule is O=C(Nc1cccc(S(=O)(=O)N2CCCCC2)c1)c1cc[n+]([O-])cc1. The average Bonchev–Trinajstić information content (AvgIpc) is 2.63. The minimum Gasteiger partial charge on any atom is -0.619 e. The number of amides is 1. The molecular weight excluding hydrogens is 342 g/mol. The number of hydrogen-bond donors (Lipinski definition) is 1. The highest BCUT2D eigenvalue weighted by atomic mass is 32.2. The van der Waals surface area contributed by atoms with Crippen LogP contribution in [-0.4, -0.2) is 31.7 Å². The van der Waals surface area contributed by atoms with Crippen LogP contribution in [0.5, 0.6) is 0 Å². The first-order valence-corrected chi connectivity index (χ1v) is 9.51. The second kappa shape index (κ2) is 7.20. The molecular formula is C17H19N3O4S. The van der Waals surface area contributed by atoms with Crippen LogP contribution in [0, 0.1) is 5.21 Å². The summed E-state index contributed by atoms with van der Waals surface area (Å²) in [6.07, 6.45) is 5.23. The molecule has 0 atom stereocenters. The number of carbonyl (C=O) groups excluding carboxylic acids is 1. The zero-order chi connectivity index (χ0) is 17.9. The lowest BCUT2D eigenvalue weighted by Crippen LogP contribution is -2.35. The van der Waals surface area contributed by atoms with Crippen molar-refractivity contribution in [3.8, 4) is 0 Å². The van der Waals surface area contributed by atoms with Crippen molar-refractivity contribution in [3.63, 3.8) is 0 Å². The summed E-state index contributed by atoms with van der Waals surface area (Å²) >= 11 is 0. The number of nitrogens with one attached hydrogen (secondary N) is 1. The molecule has 0 saturated carbocycles. The van der Waals surface area contributed by atoms with Gasteiger partial charge in [0.05, 0.1) is 10.5 Å². The van der Waals surface area contributed by atoms with Crippen LogP contribution in [0.4, 0.5) is 5.69 Å². The second-order valence-electron chi connectivity index (χ2n) is 5.89. The molecule has 1 saturated heterocycles. The Morgan fingerprint density at radius 2 is 1.76 bits per heavy atom. The third kappa shape index (κ3) is 3.97. The molecule has 3 rings (SSSR count). The van der Waals surface area contributed by atoms with Crippen LogP contribution in [0.1, 0.15) is 29.6 Å². The number of rotatable bonds is 4. The van der Waals surface area contributed by atoms with Gasteiger partial charge < -0.3 is 10.5 Å². The first kappa shape index (κ1) is 17.4. The van der Waals surface area contributed by atoms with Crippen molar-refractivity contribution in [2.24, 2.45) is 0 Å². The smallest absolute Gasteiger partial charge is 0.256 e. The minimum atomic E-state index is -3.55. The third-order valence-electron chi connectivity index (χ3n) is 4.11. The Labute approximate surface area is 146 Å². The zero-order valence-electron chi connectivity index (χ0n) is 13.6. The van der Waals surface area contributed by atoms with Gasteiger partial charge in [0, 0.05) is 30.9 Å². The number of aromatic nitrogens is 1. The molecule has 0 unspecified atom stereocenters. The van der Waals surface area contributed by atoms with Crippen molar-refractivity contribution in [3.05, 3.63) is 59.6 Å². The normalized spacial score (nSPS) is 15.7. The van der Waals surface area contributed by atoms with Crippen LogP contribution in [0.3, 0.4) is 0 Å². The maximum absolute atomic E-state index is 12.7. The lowest BCUT2D eigenvalue weighted by atomic mass is 10.2. The van der Waals surface area contributed by atoms with E-state index in [-0.39, 0.29) is 4.90 Å². The largest absolute Gasteiger partial charge is 0.619 e. The van der Waals surface area contributed by atoms with Crippen LogP contribution in [0.15, 0.2) is 53.7 Å². The van der Waals surface area contributed by atoms with E-state index in [4.69, 9.17) is 0 Å². The Balaban J connectivity index is 1.79. The number of pyridine rings is 1. The molecule has 7 nitrogen and oxygen atoms in total. The van der Waals surface area contributed by atoms with Crippen LogP contribution in [0.2, 0.25) is 0 Å². The number of benzene rings is 1. The summed E-state index contributed by atoms with van der Waals surface area (Å²) in [7, 11) is -3.55. The molecule has 0 radical (unpaired) electrons. The number of piperidine rings is 1. The summed E-state index contributed by atoms with van der Waals surface area (Å²) in [5.74, 6) is -0.409. The molecule has 1 aliphatic heterocycles. The molecule has 0 spiro atoms. The number of hydrogen-bond acceptors (Lipinski definition) is 4. The first-order chi connectivity index (χ1) is 12.0. The van der Waals surface area contributed by atoms with Crippen molar-refractivity contribution in [1.82, 2.24) is 4.31 Å². The van der Waals surface area contributed by atoms with E-state index < -0.39 is 15.9 Å². The molecule has 1 N–H and O–H groups in total. The van der Waals surface area contributed by atoms with Gasteiger partial charge in [0.25, 0.3) is 5.91 Å². The molecule has 1 aliphatic rings. The van der Waals surface area contributed by atoms with Crippen LogP contribution in [-0.2, 0) is 10.0 Å². The lowest BCUT2D eigenvalue weighted by Gasteiger charge is -2.26. The van der Waals surface area contributed by atoms with E-state index in [1.54, 1.807) is 12.1 Å². The van der Waals surface area contributed by atoms with Gasteiger partial charge in [-0.15, -0.1) is 0 Å². The van der Waals surface area contributed by atoms with Crippen molar-refractivity contribution < 1.29 is 17.9 Å². The molecule has 132 valence electrons. The number of nitrogens with zero attached hydrogens (tertiary/aromatic N) is 2. The maximum Gasteiger partial charge on any atom is 0.256 e. The monoisotopic (exact) mass is 361 g/mol. The highest BCUT2D eigenvalue weighted by Gasteiger charge is 2.26. The van der Waals surface area contributed by atoms with Crippen LogP contribution < -0.4 is 10.0 Å². The maximum atomic E-state index is 12.7. The fourth-order valence-electron chi connectivity index (χ4n) is 2.76. The van der Waals surface area contributed by atoms with Gasteiger partial charge in [-0.3, -0.25) is 4.79 Å². The van der Waals surface area contributed by atoms with Gasteiger partial charge >= 0.3 is 0 Å². The quantitative estimate of drug-likeness (QED) is 0.663. The van der Waals surface area contributed by atoms with Gasteiger partial charge in [-0.25, -0.2) is 8.42 Å². The van der Waals surface area contributed by atoms with Gasteiger partial charge in [0.15, 0.2) is 12.4 Å². The van der Waals surface area contributed by atoms with Crippen LogP contribution in [0.25, 0.3) is 0 Å². The first-order valence-electron chi connectivity index (χ1n) is 8.07. The zero-order valence-corrected chi connectivity index (χ0v) is 14.4. The average molecular weight is 361 g/mol. The van der Waals surface area contributed by atoms with Crippen molar-refractivity contribution in [2.45, 2.75) is 24.2 Å². The van der Waals surface area contributed by atoms with Crippen molar-refractivity contribution in [1.29, 1.82) is 0 Å². The molecule has 8 heteroatoms. The highest BCUT2D eigenvalue weighted by Crippen LogP contribution is 2.23. The predicted molar refractivity (Wildman–Crippen MR) is 92.4 cm³/mol. The molecule has 1 amide bonds. The highest BCUT2D eigenvalue weighted by molar-refractivity contribution is 7.89. The number of sulfonamides is 1. The van der Waals surface area contributed by atoms with Crippen molar-refractivity contribution in [2.75, 3.05) is 18.4 Å². The summed E-state index contributed by atoms with van der Waals surface area (Å²) in [5, 5.41) is 13.7. The van der Waals surface area contributed by atoms with E-state index in [0.717, 1.165) is 19.3 Å². The van der Waals surface area contributed by atoms with Gasteiger partial charge in [-0.2, -0.15) is 9.04 Å². The summed E-state index contributed by atoms with van der Waals surface area (Å²) in [6.45, 7) is 1.05. The van der Waals surface area contributed by atoms with Gasteiger partial charge in [0.1, 0.15) is 0 Å². The summed E-state index contributed by atoms with van der Waals surface area (Å²) in [5.41, 5.74) is 0.707. The number of anilines is 1. The van der Waals surface area contributed by atoms with E-state index in [2.05, 4.69) is 5.32 Å². The fourth-order valence-corrected chi connectivity index (χ4v) is 4.32. The predicted octanol–water partition coefficient (Wildman–Crippen LogP) is 1.75. The van der Waals surface area contributed by atoms with E-state index in [1.165, 1.54) is 41.0 Å². The summed E-state index contributed by atoms with van der Waals surface area (Å²) in [6, 6.07) is 9.02.